The minimum atomic E-state index is -1.31. The lowest BCUT2D eigenvalue weighted by Gasteiger charge is -2.31. The highest BCUT2D eigenvalue weighted by atomic mass is 16.7. The molecule has 2 rings (SSSR count). The zero-order valence-electron chi connectivity index (χ0n) is 33.9. The lowest BCUT2D eigenvalue weighted by atomic mass is 10.0. The number of anilines is 1. The van der Waals surface area contributed by atoms with Crippen molar-refractivity contribution < 1.29 is 72.1 Å². The first kappa shape index (κ1) is 48.9. The van der Waals surface area contributed by atoms with Crippen LogP contribution in [0.3, 0.4) is 0 Å². The predicted molar refractivity (Wildman–Crippen MR) is 204 cm³/mol. The first-order valence-corrected chi connectivity index (χ1v) is 19.3. The first-order valence-electron chi connectivity index (χ1n) is 19.3. The molecule has 0 aromatic heterocycles. The van der Waals surface area contributed by atoms with Crippen LogP contribution in [0.2, 0.25) is 0 Å². The molecule has 4 unspecified atom stereocenters. The highest BCUT2D eigenvalue weighted by Gasteiger charge is 2.34. The minimum Gasteiger partial charge on any atom is -0.479 e. The van der Waals surface area contributed by atoms with E-state index < -0.39 is 60.7 Å². The summed E-state index contributed by atoms with van der Waals surface area (Å²) >= 11 is 0. The summed E-state index contributed by atoms with van der Waals surface area (Å²) in [5.74, 6) is -3.78. The lowest BCUT2D eigenvalue weighted by molar-refractivity contribution is -0.195. The molecule has 1 aromatic carbocycles. The number of benzene rings is 1. The summed E-state index contributed by atoms with van der Waals surface area (Å²) in [6.45, 7) is 12.5. The highest BCUT2D eigenvalue weighted by Crippen LogP contribution is 2.31. The number of carbonyl (C=O) groups excluding carboxylic acids is 5. The Morgan fingerprint density at radius 3 is 1.95 bits per heavy atom. The monoisotopic (exact) mass is 811 g/mol. The van der Waals surface area contributed by atoms with E-state index in [-0.39, 0.29) is 74.1 Å². The molecule has 1 heterocycles. The van der Waals surface area contributed by atoms with Gasteiger partial charge in [0.15, 0.2) is 6.10 Å². The minimum absolute atomic E-state index is 0.00370. The van der Waals surface area contributed by atoms with E-state index in [2.05, 4.69) is 16.0 Å². The molecule has 18 nitrogen and oxygen atoms in total. The van der Waals surface area contributed by atoms with Crippen LogP contribution in [0.15, 0.2) is 18.2 Å². The molecule has 1 fully saturated rings. The molecule has 1 aliphatic heterocycles. The van der Waals surface area contributed by atoms with E-state index in [1.807, 2.05) is 13.8 Å². The van der Waals surface area contributed by atoms with Crippen LogP contribution in [0.1, 0.15) is 72.8 Å². The molecule has 5 N–H and O–H groups in total. The Labute approximate surface area is 333 Å². The van der Waals surface area contributed by atoms with Crippen molar-refractivity contribution in [1.29, 1.82) is 0 Å². The molecule has 1 aliphatic rings. The SMILES string of the molecule is CC(C)C(=O)CCOCCOCCOCCOCCC(=O)NC(C(=O)NCC(=O)Nc1ccc(COC(=O)C(C)C)cc1OC1CC(O)CC(C(=O)O)O1)C(C)C. The Morgan fingerprint density at radius 2 is 1.39 bits per heavy atom. The van der Waals surface area contributed by atoms with Gasteiger partial charge < -0.3 is 59.3 Å². The van der Waals surface area contributed by atoms with Gasteiger partial charge in [0.25, 0.3) is 0 Å². The molecule has 18 heteroatoms. The molecule has 57 heavy (non-hydrogen) atoms. The number of aliphatic carboxylic acids is 1. The molecule has 0 radical (unpaired) electrons. The van der Waals surface area contributed by atoms with Gasteiger partial charge in [-0.15, -0.1) is 0 Å². The normalized spacial score (nSPS) is 17.3. The Bertz CT molecular complexity index is 1440. The number of aliphatic hydroxyl groups excluding tert-OH is 1. The quantitative estimate of drug-likeness (QED) is 0.0600. The molecule has 0 spiro atoms. The summed E-state index contributed by atoms with van der Waals surface area (Å²) in [5, 5.41) is 27.5. The molecule has 3 amide bonds. The zero-order valence-corrected chi connectivity index (χ0v) is 33.9. The van der Waals surface area contributed by atoms with Crippen molar-refractivity contribution in [1.82, 2.24) is 10.6 Å². The Balaban J connectivity index is 1.78. The molecule has 1 aromatic rings. The van der Waals surface area contributed by atoms with Crippen LogP contribution in [0.25, 0.3) is 0 Å². The standard InChI is InChI=1S/C39H61N3O15/c1-24(2)30(44)9-11-51-13-15-53-17-18-54-16-14-52-12-10-33(45)42-36(25(3)4)37(47)40-22-34(46)41-29-8-7-27(23-55-39(50)26(5)6)19-31(29)56-35-21-28(43)20-32(57-35)38(48)49/h7-8,19,24-26,28,32,35-36,43H,9-18,20-23H2,1-6H3,(H,40,47)(H,41,46)(H,42,45)(H,48,49). The third-order valence-corrected chi connectivity index (χ3v) is 8.39. The predicted octanol–water partition coefficient (Wildman–Crippen LogP) is 1.98. The fourth-order valence-corrected chi connectivity index (χ4v) is 5.06. The third-order valence-electron chi connectivity index (χ3n) is 8.39. The molecule has 1 saturated heterocycles. The van der Waals surface area contributed by atoms with Crippen LogP contribution in [-0.4, -0.2) is 130 Å². The van der Waals surface area contributed by atoms with Crippen LogP contribution in [0.4, 0.5) is 5.69 Å². The van der Waals surface area contributed by atoms with Gasteiger partial charge in [0.05, 0.1) is 77.1 Å². The van der Waals surface area contributed by atoms with Gasteiger partial charge in [0.2, 0.25) is 24.0 Å². The topological polar surface area (TPSA) is 244 Å². The van der Waals surface area contributed by atoms with E-state index in [4.69, 9.17) is 33.2 Å². The van der Waals surface area contributed by atoms with Crippen LogP contribution >= 0.6 is 0 Å². The number of hydrogen-bond acceptors (Lipinski definition) is 14. The van der Waals surface area contributed by atoms with Gasteiger partial charge in [-0.25, -0.2) is 4.79 Å². The molecule has 0 aliphatic carbocycles. The number of ether oxygens (including phenoxy) is 7. The Kier molecular flexibility index (Phi) is 22.9. The summed E-state index contributed by atoms with van der Waals surface area (Å²) in [4.78, 5) is 73.7. The maximum absolute atomic E-state index is 13.0. The van der Waals surface area contributed by atoms with Crippen molar-refractivity contribution in [3.8, 4) is 5.75 Å². The second-order valence-corrected chi connectivity index (χ2v) is 14.4. The number of esters is 1. The number of hydrogen-bond donors (Lipinski definition) is 5. The number of Topliss-reactive ketones (excluding diaryl/α,β-unsaturated/α-hetero) is 1. The van der Waals surface area contributed by atoms with Crippen LogP contribution in [0, 0.1) is 17.8 Å². The first-order chi connectivity index (χ1) is 27.1. The van der Waals surface area contributed by atoms with Crippen molar-refractivity contribution in [2.24, 2.45) is 17.8 Å². The van der Waals surface area contributed by atoms with E-state index >= 15 is 0 Å². The number of carboxylic acid groups (broad SMARTS) is 1. The molecule has 0 bridgehead atoms. The van der Waals surface area contributed by atoms with E-state index in [0.717, 1.165) is 0 Å². The maximum atomic E-state index is 13.0. The van der Waals surface area contributed by atoms with Crippen LogP contribution in [0.5, 0.6) is 5.75 Å². The van der Waals surface area contributed by atoms with Crippen molar-refractivity contribution in [3.05, 3.63) is 23.8 Å². The van der Waals surface area contributed by atoms with E-state index in [9.17, 15) is 39.0 Å². The number of rotatable bonds is 28. The number of amides is 3. The largest absolute Gasteiger partial charge is 0.479 e. The average Bonchev–Trinajstić information content (AvgIpc) is 3.15. The lowest BCUT2D eigenvalue weighted by Crippen LogP contribution is -2.51. The fraction of sp³-hybridized carbons (Fsp3) is 0.692. The van der Waals surface area contributed by atoms with Gasteiger partial charge in [0.1, 0.15) is 24.2 Å². The second kappa shape index (κ2) is 26.7. The second-order valence-electron chi connectivity index (χ2n) is 14.4. The molecule has 0 saturated carbocycles. The smallest absolute Gasteiger partial charge is 0.333 e. The third kappa shape index (κ3) is 20.2. The zero-order chi connectivity index (χ0) is 42.3. The molecule has 322 valence electrons. The Morgan fingerprint density at radius 1 is 0.789 bits per heavy atom. The van der Waals surface area contributed by atoms with Crippen molar-refractivity contribution >= 4 is 41.1 Å². The van der Waals surface area contributed by atoms with Crippen molar-refractivity contribution in [2.75, 3.05) is 64.7 Å². The van der Waals surface area contributed by atoms with Gasteiger partial charge >= 0.3 is 11.9 Å². The van der Waals surface area contributed by atoms with Gasteiger partial charge in [-0.3, -0.25) is 24.0 Å². The highest BCUT2D eigenvalue weighted by molar-refractivity contribution is 5.97. The summed E-state index contributed by atoms with van der Waals surface area (Å²) in [6.07, 6.45) is -3.26. The Hall–Kier alpha value is -4.20. The number of carboxylic acids is 1. The number of nitrogens with one attached hydrogen (secondary N) is 3. The molecular formula is C39H61N3O15. The van der Waals surface area contributed by atoms with Crippen LogP contribution in [-0.2, 0) is 63.8 Å². The molecule has 4 atom stereocenters. The van der Waals surface area contributed by atoms with Gasteiger partial charge in [-0.2, -0.15) is 0 Å². The number of carbonyl (C=O) groups is 6. The van der Waals surface area contributed by atoms with E-state index in [1.54, 1.807) is 33.8 Å². The maximum Gasteiger partial charge on any atom is 0.333 e. The van der Waals surface area contributed by atoms with Gasteiger partial charge in [0, 0.05) is 31.6 Å². The van der Waals surface area contributed by atoms with E-state index in [0.29, 0.717) is 51.6 Å². The average molecular weight is 812 g/mol. The fourth-order valence-electron chi connectivity index (χ4n) is 5.06. The summed E-state index contributed by atoms with van der Waals surface area (Å²) < 4.78 is 38.4. The summed E-state index contributed by atoms with van der Waals surface area (Å²) in [7, 11) is 0. The van der Waals surface area contributed by atoms with Crippen LogP contribution < -0.4 is 20.7 Å². The summed E-state index contributed by atoms with van der Waals surface area (Å²) in [6, 6.07) is 3.62. The summed E-state index contributed by atoms with van der Waals surface area (Å²) in [5.41, 5.74) is 0.642. The number of aliphatic hydroxyl groups is 1. The van der Waals surface area contributed by atoms with Crippen molar-refractivity contribution in [2.45, 2.75) is 98.4 Å². The van der Waals surface area contributed by atoms with Gasteiger partial charge in [-0.1, -0.05) is 47.6 Å². The van der Waals surface area contributed by atoms with E-state index in [1.165, 1.54) is 12.1 Å². The number of ketones is 1. The molecular weight excluding hydrogens is 750 g/mol. The van der Waals surface area contributed by atoms with Gasteiger partial charge in [-0.05, 0) is 23.6 Å². The van der Waals surface area contributed by atoms with Crippen molar-refractivity contribution in [3.63, 3.8) is 0 Å².